The molecule has 0 radical (unpaired) electrons. The van der Waals surface area contributed by atoms with Gasteiger partial charge in [-0.25, -0.2) is 9.97 Å². The van der Waals surface area contributed by atoms with Crippen LogP contribution in [0.1, 0.15) is 65.4 Å². The van der Waals surface area contributed by atoms with Crippen molar-refractivity contribution < 1.29 is 0 Å². The SMILES string of the molecule is CCCNc1ncnc(NCC(CC)CC)c1C(C)C. The van der Waals surface area contributed by atoms with E-state index in [1.54, 1.807) is 6.33 Å². The minimum Gasteiger partial charge on any atom is -0.370 e. The first-order valence-electron chi connectivity index (χ1n) is 7.96. The molecule has 0 aliphatic heterocycles. The largest absolute Gasteiger partial charge is 0.370 e. The number of nitrogens with zero attached hydrogens (tertiary/aromatic N) is 2. The molecule has 2 N–H and O–H groups in total. The molecule has 1 heterocycles. The molecule has 0 bridgehead atoms. The molecule has 0 fully saturated rings. The first-order chi connectivity index (χ1) is 9.63. The van der Waals surface area contributed by atoms with Crippen molar-refractivity contribution in [3.8, 4) is 0 Å². The molecule has 0 aliphatic rings. The van der Waals surface area contributed by atoms with E-state index in [4.69, 9.17) is 0 Å². The lowest BCUT2D eigenvalue weighted by Crippen LogP contribution is -2.17. The number of nitrogens with one attached hydrogen (secondary N) is 2. The second-order valence-corrected chi connectivity index (χ2v) is 5.63. The minimum atomic E-state index is 0.403. The van der Waals surface area contributed by atoms with E-state index in [0.29, 0.717) is 11.8 Å². The van der Waals surface area contributed by atoms with Crippen LogP contribution in [-0.4, -0.2) is 23.1 Å². The van der Waals surface area contributed by atoms with Gasteiger partial charge in [0, 0.05) is 18.7 Å². The molecular formula is C16H30N4. The molecule has 1 rings (SSSR count). The average molecular weight is 278 g/mol. The van der Waals surface area contributed by atoms with Gasteiger partial charge in [0.25, 0.3) is 0 Å². The normalized spacial score (nSPS) is 11.2. The summed E-state index contributed by atoms with van der Waals surface area (Å²) in [4.78, 5) is 8.85. The maximum Gasteiger partial charge on any atom is 0.134 e. The first-order valence-corrected chi connectivity index (χ1v) is 7.96. The Bertz CT molecular complexity index is 386. The van der Waals surface area contributed by atoms with E-state index >= 15 is 0 Å². The van der Waals surface area contributed by atoms with Crippen LogP contribution in [0.5, 0.6) is 0 Å². The average Bonchev–Trinajstić information content (AvgIpc) is 2.45. The van der Waals surface area contributed by atoms with Crippen LogP contribution < -0.4 is 10.6 Å². The monoisotopic (exact) mass is 278 g/mol. The quantitative estimate of drug-likeness (QED) is 0.708. The number of hydrogen-bond acceptors (Lipinski definition) is 4. The van der Waals surface area contributed by atoms with E-state index in [9.17, 15) is 0 Å². The fourth-order valence-electron chi connectivity index (χ4n) is 2.29. The summed E-state index contributed by atoms with van der Waals surface area (Å²) in [6.45, 7) is 13.0. The summed E-state index contributed by atoms with van der Waals surface area (Å²) in [7, 11) is 0. The zero-order valence-corrected chi connectivity index (χ0v) is 13.7. The van der Waals surface area contributed by atoms with Gasteiger partial charge >= 0.3 is 0 Å². The van der Waals surface area contributed by atoms with Crippen LogP contribution in [0.4, 0.5) is 11.6 Å². The van der Waals surface area contributed by atoms with Gasteiger partial charge in [0.2, 0.25) is 0 Å². The highest BCUT2D eigenvalue weighted by Gasteiger charge is 2.15. The van der Waals surface area contributed by atoms with Crippen molar-refractivity contribution in [2.24, 2.45) is 5.92 Å². The van der Waals surface area contributed by atoms with Crippen LogP contribution in [-0.2, 0) is 0 Å². The van der Waals surface area contributed by atoms with E-state index in [1.807, 2.05) is 0 Å². The lowest BCUT2D eigenvalue weighted by Gasteiger charge is -2.20. The summed E-state index contributed by atoms with van der Waals surface area (Å²) >= 11 is 0. The highest BCUT2D eigenvalue weighted by atomic mass is 15.1. The Labute approximate surface area is 123 Å². The molecule has 4 nitrogen and oxygen atoms in total. The maximum atomic E-state index is 4.45. The van der Waals surface area contributed by atoms with Crippen LogP contribution in [0.25, 0.3) is 0 Å². The van der Waals surface area contributed by atoms with Crippen molar-refractivity contribution in [2.75, 3.05) is 23.7 Å². The number of hydrogen-bond donors (Lipinski definition) is 2. The van der Waals surface area contributed by atoms with E-state index in [0.717, 1.165) is 31.1 Å². The van der Waals surface area contributed by atoms with E-state index in [1.165, 1.54) is 18.4 Å². The zero-order chi connectivity index (χ0) is 15.0. The summed E-state index contributed by atoms with van der Waals surface area (Å²) in [6.07, 6.45) is 5.15. The fourth-order valence-corrected chi connectivity index (χ4v) is 2.29. The molecule has 4 heteroatoms. The van der Waals surface area contributed by atoms with Gasteiger partial charge in [-0.1, -0.05) is 47.5 Å². The highest BCUT2D eigenvalue weighted by Crippen LogP contribution is 2.28. The topological polar surface area (TPSA) is 49.8 Å². The molecule has 0 saturated heterocycles. The maximum absolute atomic E-state index is 4.45. The molecule has 0 amide bonds. The molecule has 0 spiro atoms. The number of anilines is 2. The van der Waals surface area contributed by atoms with Gasteiger partial charge in [0.05, 0.1) is 0 Å². The third kappa shape index (κ3) is 4.66. The standard InChI is InChI=1S/C16H30N4/c1-6-9-17-15-14(12(4)5)16(20-11-19-15)18-10-13(7-2)8-3/h11-13H,6-10H2,1-5H3,(H2,17,18,19,20). The summed E-state index contributed by atoms with van der Waals surface area (Å²) < 4.78 is 0. The Kier molecular flexibility index (Phi) is 7.34. The smallest absolute Gasteiger partial charge is 0.134 e. The summed E-state index contributed by atoms with van der Waals surface area (Å²) in [6, 6.07) is 0. The second-order valence-electron chi connectivity index (χ2n) is 5.63. The summed E-state index contributed by atoms with van der Waals surface area (Å²) in [5.74, 6) is 3.07. The number of rotatable bonds is 9. The van der Waals surface area contributed by atoms with Crippen LogP contribution in [0.15, 0.2) is 6.33 Å². The number of aromatic nitrogens is 2. The van der Waals surface area contributed by atoms with Gasteiger partial charge in [0.15, 0.2) is 0 Å². The van der Waals surface area contributed by atoms with Crippen LogP contribution >= 0.6 is 0 Å². The van der Waals surface area contributed by atoms with Crippen molar-refractivity contribution in [1.82, 2.24) is 9.97 Å². The third-order valence-electron chi connectivity index (χ3n) is 3.72. The Morgan fingerprint density at radius 1 is 1.00 bits per heavy atom. The van der Waals surface area contributed by atoms with Gasteiger partial charge < -0.3 is 10.6 Å². The highest BCUT2D eigenvalue weighted by molar-refractivity contribution is 5.59. The predicted molar refractivity (Wildman–Crippen MR) is 87.5 cm³/mol. The van der Waals surface area contributed by atoms with Crippen molar-refractivity contribution in [3.63, 3.8) is 0 Å². The Hall–Kier alpha value is -1.32. The molecule has 1 aromatic heterocycles. The minimum absolute atomic E-state index is 0.403. The van der Waals surface area contributed by atoms with Crippen molar-refractivity contribution >= 4 is 11.6 Å². The second kappa shape index (κ2) is 8.77. The molecule has 0 atom stereocenters. The van der Waals surface area contributed by atoms with Crippen molar-refractivity contribution in [3.05, 3.63) is 11.9 Å². The summed E-state index contributed by atoms with van der Waals surface area (Å²) in [5, 5.41) is 6.93. The van der Waals surface area contributed by atoms with Gasteiger partial charge in [0.1, 0.15) is 18.0 Å². The lowest BCUT2D eigenvalue weighted by molar-refractivity contribution is 0.518. The van der Waals surface area contributed by atoms with Crippen molar-refractivity contribution in [1.29, 1.82) is 0 Å². The Morgan fingerprint density at radius 2 is 1.60 bits per heavy atom. The van der Waals surface area contributed by atoms with E-state index in [-0.39, 0.29) is 0 Å². The zero-order valence-electron chi connectivity index (χ0n) is 13.7. The van der Waals surface area contributed by atoms with Gasteiger partial charge in [-0.05, 0) is 18.3 Å². The first kappa shape index (κ1) is 16.7. The van der Waals surface area contributed by atoms with E-state index < -0.39 is 0 Å². The molecular weight excluding hydrogens is 248 g/mol. The van der Waals surface area contributed by atoms with Gasteiger partial charge in [-0.2, -0.15) is 0 Å². The van der Waals surface area contributed by atoms with Gasteiger partial charge in [-0.15, -0.1) is 0 Å². The molecule has 0 aliphatic carbocycles. The van der Waals surface area contributed by atoms with Crippen LogP contribution in [0.3, 0.4) is 0 Å². The Morgan fingerprint density at radius 3 is 2.10 bits per heavy atom. The fraction of sp³-hybridized carbons (Fsp3) is 0.750. The summed E-state index contributed by atoms with van der Waals surface area (Å²) in [5.41, 5.74) is 1.20. The molecule has 114 valence electrons. The molecule has 1 aromatic rings. The lowest BCUT2D eigenvalue weighted by atomic mass is 10.0. The van der Waals surface area contributed by atoms with Crippen LogP contribution in [0.2, 0.25) is 0 Å². The van der Waals surface area contributed by atoms with E-state index in [2.05, 4.69) is 55.2 Å². The van der Waals surface area contributed by atoms with Crippen LogP contribution in [0, 0.1) is 5.92 Å². The third-order valence-corrected chi connectivity index (χ3v) is 3.72. The molecule has 20 heavy (non-hydrogen) atoms. The van der Waals surface area contributed by atoms with Crippen molar-refractivity contribution in [2.45, 2.75) is 59.8 Å². The predicted octanol–water partition coefficient (Wildman–Crippen LogP) is 4.27. The molecule has 0 saturated carbocycles. The molecule has 0 aromatic carbocycles. The Balaban J connectivity index is 2.88. The molecule has 0 unspecified atom stereocenters. The van der Waals surface area contributed by atoms with Gasteiger partial charge in [-0.3, -0.25) is 0 Å².